The Labute approximate surface area is 105 Å². The van der Waals surface area contributed by atoms with Crippen molar-refractivity contribution in [3.05, 3.63) is 22.7 Å². The van der Waals surface area contributed by atoms with Gasteiger partial charge < -0.3 is 20.7 Å². The van der Waals surface area contributed by atoms with E-state index >= 15 is 0 Å². The van der Waals surface area contributed by atoms with Gasteiger partial charge in [0.1, 0.15) is 11.9 Å². The molecule has 0 unspecified atom stereocenters. The van der Waals surface area contributed by atoms with Gasteiger partial charge >= 0.3 is 5.69 Å². The van der Waals surface area contributed by atoms with Crippen molar-refractivity contribution in [2.24, 2.45) is 0 Å². The summed E-state index contributed by atoms with van der Waals surface area (Å²) < 4.78 is 6.59. The summed E-state index contributed by atoms with van der Waals surface area (Å²) in [7, 11) is 0. The van der Waals surface area contributed by atoms with Gasteiger partial charge in [0.05, 0.1) is 17.5 Å². The number of halogens is 1. The van der Waals surface area contributed by atoms with Crippen LogP contribution in [0, 0.1) is 0 Å². The van der Waals surface area contributed by atoms with Crippen LogP contribution in [0.25, 0.3) is 0 Å². The van der Waals surface area contributed by atoms with Crippen LogP contribution < -0.4 is 11.4 Å². The lowest BCUT2D eigenvalue weighted by Crippen LogP contribution is -2.32. The van der Waals surface area contributed by atoms with Crippen LogP contribution in [0.3, 0.4) is 0 Å². The van der Waals surface area contributed by atoms with E-state index in [9.17, 15) is 9.90 Å². The lowest BCUT2D eigenvalue weighted by Gasteiger charge is -2.16. The second-order valence-electron chi connectivity index (χ2n) is 3.72. The molecule has 0 bridgehead atoms. The van der Waals surface area contributed by atoms with Crippen LogP contribution in [0.5, 0.6) is 0 Å². The minimum Gasteiger partial charge on any atom is -0.394 e. The first-order valence-corrected chi connectivity index (χ1v) is 5.89. The molecule has 94 valence electrons. The van der Waals surface area contributed by atoms with E-state index in [1.165, 1.54) is 16.8 Å². The Bertz CT molecular complexity index is 466. The van der Waals surface area contributed by atoms with Crippen molar-refractivity contribution in [3.63, 3.8) is 0 Å². The third-order valence-corrected chi connectivity index (χ3v) is 3.59. The highest BCUT2D eigenvalue weighted by molar-refractivity contribution is 9.09. The van der Waals surface area contributed by atoms with Crippen LogP contribution in [0.4, 0.5) is 5.82 Å². The van der Waals surface area contributed by atoms with Crippen LogP contribution in [0.1, 0.15) is 6.23 Å². The van der Waals surface area contributed by atoms with Gasteiger partial charge in [0.25, 0.3) is 0 Å². The maximum absolute atomic E-state index is 11.6. The molecular weight excluding hydrogens is 294 g/mol. The quantitative estimate of drug-likeness (QED) is 0.594. The second kappa shape index (κ2) is 4.73. The molecule has 1 saturated heterocycles. The fourth-order valence-electron chi connectivity index (χ4n) is 1.70. The zero-order valence-corrected chi connectivity index (χ0v) is 10.3. The number of anilines is 1. The van der Waals surface area contributed by atoms with Crippen molar-refractivity contribution in [2.45, 2.75) is 23.3 Å². The molecule has 0 amide bonds. The van der Waals surface area contributed by atoms with Crippen LogP contribution in [-0.4, -0.2) is 43.4 Å². The first kappa shape index (κ1) is 12.5. The van der Waals surface area contributed by atoms with E-state index in [1.807, 2.05) is 0 Å². The molecule has 4 atom stereocenters. The van der Waals surface area contributed by atoms with Gasteiger partial charge in [0.15, 0.2) is 6.23 Å². The van der Waals surface area contributed by atoms with Gasteiger partial charge in [-0.1, -0.05) is 15.9 Å². The molecule has 2 rings (SSSR count). The van der Waals surface area contributed by atoms with Gasteiger partial charge in [-0.15, -0.1) is 0 Å². The number of rotatable bonds is 2. The molecular formula is C9H12BrN3O4. The van der Waals surface area contributed by atoms with Crippen LogP contribution in [-0.2, 0) is 4.74 Å². The maximum atomic E-state index is 11.6. The zero-order chi connectivity index (χ0) is 12.6. The largest absolute Gasteiger partial charge is 0.394 e. The number of nitrogens with two attached hydrogens (primary N) is 1. The predicted molar refractivity (Wildman–Crippen MR) is 62.6 cm³/mol. The SMILES string of the molecule is Nc1ccn([C@H]2O[C@@H](CO)[C@H](O)[C@@H]2Br)c(=O)n1. The molecule has 4 N–H and O–H groups in total. The highest BCUT2D eigenvalue weighted by atomic mass is 79.9. The molecule has 1 aromatic rings. The first-order valence-electron chi connectivity index (χ1n) is 4.97. The Morgan fingerprint density at radius 1 is 1.65 bits per heavy atom. The van der Waals surface area contributed by atoms with Crippen LogP contribution >= 0.6 is 15.9 Å². The van der Waals surface area contributed by atoms with Gasteiger partial charge in [-0.2, -0.15) is 4.98 Å². The Kier molecular flexibility index (Phi) is 3.48. The number of hydrogen-bond acceptors (Lipinski definition) is 6. The third kappa shape index (κ3) is 2.21. The van der Waals surface area contributed by atoms with E-state index in [4.69, 9.17) is 15.6 Å². The fourth-order valence-corrected chi connectivity index (χ4v) is 2.42. The molecule has 1 fully saturated rings. The van der Waals surface area contributed by atoms with Crippen molar-refractivity contribution < 1.29 is 14.9 Å². The minimum absolute atomic E-state index is 0.120. The molecule has 8 heteroatoms. The zero-order valence-electron chi connectivity index (χ0n) is 8.73. The first-order chi connectivity index (χ1) is 8.04. The average Bonchev–Trinajstić information content (AvgIpc) is 2.57. The molecule has 0 aromatic carbocycles. The van der Waals surface area contributed by atoms with Crippen LogP contribution in [0.2, 0.25) is 0 Å². The molecule has 1 aromatic heterocycles. The van der Waals surface area contributed by atoms with Crippen molar-refractivity contribution in [2.75, 3.05) is 12.3 Å². The molecule has 0 radical (unpaired) electrons. The topological polar surface area (TPSA) is 111 Å². The Hall–Kier alpha value is -0.960. The summed E-state index contributed by atoms with van der Waals surface area (Å²) in [6, 6.07) is 1.46. The number of aliphatic hydroxyl groups excluding tert-OH is 2. The standard InChI is InChI=1S/C9H12BrN3O4/c10-6-7(15)4(3-14)17-8(6)13-2-1-5(11)12-9(13)16/h1-2,4,6-8,14-15H,3H2,(H2,11,12,16)/t4-,6-,7-,8-/m0/s1. The van der Waals surface area contributed by atoms with E-state index in [0.29, 0.717) is 0 Å². The number of alkyl halides is 1. The molecule has 1 aliphatic rings. The van der Waals surface area contributed by atoms with E-state index in [2.05, 4.69) is 20.9 Å². The van der Waals surface area contributed by atoms with Gasteiger partial charge in [-0.05, 0) is 6.07 Å². The highest BCUT2D eigenvalue weighted by Crippen LogP contribution is 2.33. The highest BCUT2D eigenvalue weighted by Gasteiger charge is 2.43. The van der Waals surface area contributed by atoms with Crippen molar-refractivity contribution in [1.82, 2.24) is 9.55 Å². The second-order valence-corrected chi connectivity index (χ2v) is 4.78. The van der Waals surface area contributed by atoms with Crippen molar-refractivity contribution in [3.8, 4) is 0 Å². The minimum atomic E-state index is -0.894. The maximum Gasteiger partial charge on any atom is 0.351 e. The van der Waals surface area contributed by atoms with Gasteiger partial charge in [-0.25, -0.2) is 4.79 Å². The summed E-state index contributed by atoms with van der Waals surface area (Å²) in [6.45, 7) is -0.323. The molecule has 17 heavy (non-hydrogen) atoms. The smallest absolute Gasteiger partial charge is 0.351 e. The normalized spacial score (nSPS) is 32.9. The summed E-state index contributed by atoms with van der Waals surface area (Å²) in [4.78, 5) is 14.7. The summed E-state index contributed by atoms with van der Waals surface area (Å²) in [5.74, 6) is 0.120. The number of aliphatic hydroxyl groups is 2. The van der Waals surface area contributed by atoms with E-state index < -0.39 is 29.0 Å². The fraction of sp³-hybridized carbons (Fsp3) is 0.556. The number of ether oxygens (including phenoxy) is 1. The Morgan fingerprint density at radius 2 is 2.35 bits per heavy atom. The predicted octanol–water partition coefficient (Wildman–Crippen LogP) is -1.16. The van der Waals surface area contributed by atoms with Gasteiger partial charge in [0, 0.05) is 6.20 Å². The molecule has 1 aliphatic heterocycles. The van der Waals surface area contributed by atoms with Crippen molar-refractivity contribution in [1.29, 1.82) is 0 Å². The number of aromatic nitrogens is 2. The molecule has 2 heterocycles. The summed E-state index contributed by atoms with van der Waals surface area (Å²) in [5.41, 5.74) is 4.81. The summed E-state index contributed by atoms with van der Waals surface area (Å²) in [6.07, 6.45) is -0.901. The van der Waals surface area contributed by atoms with E-state index in [-0.39, 0.29) is 12.4 Å². The van der Waals surface area contributed by atoms with E-state index in [0.717, 1.165) is 0 Å². The van der Waals surface area contributed by atoms with E-state index in [1.54, 1.807) is 0 Å². The lowest BCUT2D eigenvalue weighted by atomic mass is 10.2. The summed E-state index contributed by atoms with van der Waals surface area (Å²) in [5, 5.41) is 18.7. The van der Waals surface area contributed by atoms with Gasteiger partial charge in [0.2, 0.25) is 0 Å². The molecule has 0 saturated carbocycles. The molecule has 0 spiro atoms. The number of hydrogen-bond donors (Lipinski definition) is 3. The van der Waals surface area contributed by atoms with Gasteiger partial charge in [-0.3, -0.25) is 4.57 Å². The molecule has 0 aliphatic carbocycles. The average molecular weight is 306 g/mol. The number of nitrogens with zero attached hydrogens (tertiary/aromatic N) is 2. The summed E-state index contributed by atoms with van der Waals surface area (Å²) >= 11 is 3.24. The number of nitrogen functional groups attached to an aromatic ring is 1. The lowest BCUT2D eigenvalue weighted by molar-refractivity contribution is -0.0456. The third-order valence-electron chi connectivity index (χ3n) is 2.60. The molecule has 7 nitrogen and oxygen atoms in total. The van der Waals surface area contributed by atoms with Crippen molar-refractivity contribution >= 4 is 21.7 Å². The Morgan fingerprint density at radius 3 is 2.88 bits per heavy atom. The van der Waals surface area contributed by atoms with Crippen LogP contribution in [0.15, 0.2) is 17.1 Å². The Balaban J connectivity index is 2.32. The monoisotopic (exact) mass is 305 g/mol.